The average Bonchev–Trinajstić information content (AvgIpc) is 2.66. The molecule has 0 saturated heterocycles. The molecule has 0 fully saturated rings. The van der Waals surface area contributed by atoms with Gasteiger partial charge in [-0.05, 0) is 57.9 Å². The lowest BCUT2D eigenvalue weighted by atomic mass is 9.88. The van der Waals surface area contributed by atoms with Crippen LogP contribution in [0.15, 0.2) is 24.5 Å². The number of carbonyl (C=O) groups is 1. The Morgan fingerprint density at radius 1 is 1.24 bits per heavy atom. The van der Waals surface area contributed by atoms with E-state index >= 15 is 0 Å². The summed E-state index contributed by atoms with van der Waals surface area (Å²) in [5.41, 5.74) is 5.89. The molecule has 0 bridgehead atoms. The first-order valence-corrected chi connectivity index (χ1v) is 7.38. The Bertz CT molecular complexity index is 695. The lowest BCUT2D eigenvalue weighted by Gasteiger charge is -2.38. The molecule has 2 aliphatic rings. The van der Waals surface area contributed by atoms with E-state index in [0.717, 1.165) is 22.4 Å². The normalized spacial score (nSPS) is 20.6. The maximum Gasteiger partial charge on any atom is 0.262 e. The number of allylic oxidation sites excluding steroid dienone is 1. The van der Waals surface area contributed by atoms with Gasteiger partial charge in [-0.2, -0.15) is 0 Å². The standard InChI is InChI=1S/C18H21NO2/c1-6-21-10-15-14-8-11(2)7-13-12(3)9-18(4,5)19(16(13)14)17(15)20/h7-10H,6H2,1-5H3. The molecular formula is C18H21NO2. The van der Waals surface area contributed by atoms with Crippen LogP contribution in [0.3, 0.4) is 0 Å². The van der Waals surface area contributed by atoms with E-state index in [1.807, 2.05) is 11.8 Å². The van der Waals surface area contributed by atoms with Crippen molar-refractivity contribution in [1.82, 2.24) is 0 Å². The molecule has 0 atom stereocenters. The summed E-state index contributed by atoms with van der Waals surface area (Å²) in [6, 6.07) is 4.24. The molecule has 0 saturated carbocycles. The molecule has 3 rings (SSSR count). The zero-order valence-corrected chi connectivity index (χ0v) is 13.3. The van der Waals surface area contributed by atoms with Crippen molar-refractivity contribution in [3.63, 3.8) is 0 Å². The van der Waals surface area contributed by atoms with Gasteiger partial charge in [0.25, 0.3) is 5.91 Å². The Morgan fingerprint density at radius 2 is 1.90 bits per heavy atom. The average molecular weight is 283 g/mol. The van der Waals surface area contributed by atoms with E-state index in [1.165, 1.54) is 5.57 Å². The highest BCUT2D eigenvalue weighted by molar-refractivity contribution is 6.34. The second-order valence-corrected chi connectivity index (χ2v) is 6.32. The molecule has 0 N–H and O–H groups in total. The first kappa shape index (κ1) is 13.9. The second-order valence-electron chi connectivity index (χ2n) is 6.32. The molecule has 1 aromatic carbocycles. The third-order valence-corrected chi connectivity index (χ3v) is 4.14. The van der Waals surface area contributed by atoms with Crippen LogP contribution in [-0.2, 0) is 9.53 Å². The molecule has 21 heavy (non-hydrogen) atoms. The fraction of sp³-hybridized carbons (Fsp3) is 0.389. The largest absolute Gasteiger partial charge is 0.501 e. The minimum atomic E-state index is -0.319. The highest BCUT2D eigenvalue weighted by atomic mass is 16.5. The van der Waals surface area contributed by atoms with Gasteiger partial charge in [0.2, 0.25) is 0 Å². The molecule has 0 aromatic heterocycles. The van der Waals surface area contributed by atoms with E-state index in [0.29, 0.717) is 12.2 Å². The molecule has 2 aliphatic heterocycles. The maximum atomic E-state index is 12.9. The number of hydrogen-bond acceptors (Lipinski definition) is 2. The fourth-order valence-corrected chi connectivity index (χ4v) is 3.37. The van der Waals surface area contributed by atoms with Crippen molar-refractivity contribution < 1.29 is 9.53 Å². The van der Waals surface area contributed by atoms with Crippen molar-refractivity contribution in [3.05, 3.63) is 41.2 Å². The van der Waals surface area contributed by atoms with Crippen LogP contribution < -0.4 is 4.90 Å². The zero-order valence-electron chi connectivity index (χ0n) is 13.3. The number of hydrogen-bond donors (Lipinski definition) is 0. The fourth-order valence-electron chi connectivity index (χ4n) is 3.37. The van der Waals surface area contributed by atoms with Crippen LogP contribution in [0.25, 0.3) is 11.1 Å². The van der Waals surface area contributed by atoms with Crippen LogP contribution in [0.1, 0.15) is 44.4 Å². The Kier molecular flexibility index (Phi) is 2.97. The summed E-state index contributed by atoms with van der Waals surface area (Å²) < 4.78 is 5.41. The van der Waals surface area contributed by atoms with Crippen molar-refractivity contribution in [3.8, 4) is 0 Å². The molecule has 0 spiro atoms. The molecule has 1 aromatic rings. The number of anilines is 1. The van der Waals surface area contributed by atoms with Gasteiger partial charge in [0.05, 0.1) is 29.7 Å². The number of benzene rings is 1. The van der Waals surface area contributed by atoms with Crippen molar-refractivity contribution in [2.45, 2.75) is 40.2 Å². The number of carbonyl (C=O) groups excluding carboxylic acids is 1. The zero-order chi connectivity index (χ0) is 15.4. The molecule has 0 aliphatic carbocycles. The van der Waals surface area contributed by atoms with Gasteiger partial charge in [-0.1, -0.05) is 6.08 Å². The van der Waals surface area contributed by atoms with Gasteiger partial charge in [0, 0.05) is 11.1 Å². The number of ether oxygens (including phenoxy) is 1. The topological polar surface area (TPSA) is 29.5 Å². The molecule has 2 heterocycles. The van der Waals surface area contributed by atoms with Crippen molar-refractivity contribution >= 4 is 22.7 Å². The van der Waals surface area contributed by atoms with Crippen LogP contribution >= 0.6 is 0 Å². The van der Waals surface area contributed by atoms with Crippen molar-refractivity contribution in [2.24, 2.45) is 0 Å². The summed E-state index contributed by atoms with van der Waals surface area (Å²) in [6.45, 7) is 10.8. The van der Waals surface area contributed by atoms with Crippen LogP contribution in [0.2, 0.25) is 0 Å². The molecule has 110 valence electrons. The summed E-state index contributed by atoms with van der Waals surface area (Å²) in [7, 11) is 0. The van der Waals surface area contributed by atoms with Gasteiger partial charge in [0.15, 0.2) is 0 Å². The van der Waals surface area contributed by atoms with Crippen LogP contribution in [0.5, 0.6) is 0 Å². The third kappa shape index (κ3) is 1.91. The molecule has 3 heteroatoms. The second kappa shape index (κ2) is 4.48. The lowest BCUT2D eigenvalue weighted by molar-refractivity contribution is -0.113. The molecule has 0 unspecified atom stereocenters. The van der Waals surface area contributed by atoms with Gasteiger partial charge in [0.1, 0.15) is 0 Å². The molecule has 1 amide bonds. The molecule has 3 nitrogen and oxygen atoms in total. The Hall–Kier alpha value is -2.03. The highest BCUT2D eigenvalue weighted by Gasteiger charge is 2.44. The number of rotatable bonds is 2. The van der Waals surface area contributed by atoms with Gasteiger partial charge in [-0.15, -0.1) is 0 Å². The SMILES string of the molecule is CCOC=C1C(=O)N2c3c(cc(C)cc31)C(C)=CC2(C)C. The van der Waals surface area contributed by atoms with E-state index in [4.69, 9.17) is 4.74 Å². The smallest absolute Gasteiger partial charge is 0.262 e. The Labute approximate surface area is 125 Å². The van der Waals surface area contributed by atoms with E-state index in [2.05, 4.69) is 45.9 Å². The highest BCUT2D eigenvalue weighted by Crippen LogP contribution is 2.49. The van der Waals surface area contributed by atoms with Gasteiger partial charge in [-0.25, -0.2) is 0 Å². The maximum absolute atomic E-state index is 12.9. The Balaban J connectivity index is 2.31. The predicted molar refractivity (Wildman–Crippen MR) is 86.0 cm³/mol. The summed E-state index contributed by atoms with van der Waals surface area (Å²) in [5.74, 6) is 0.0269. The third-order valence-electron chi connectivity index (χ3n) is 4.14. The van der Waals surface area contributed by atoms with E-state index in [-0.39, 0.29) is 11.4 Å². The van der Waals surface area contributed by atoms with Crippen molar-refractivity contribution in [1.29, 1.82) is 0 Å². The number of nitrogens with zero attached hydrogens (tertiary/aromatic N) is 1. The predicted octanol–water partition coefficient (Wildman–Crippen LogP) is 3.91. The van der Waals surface area contributed by atoms with Gasteiger partial charge in [-0.3, -0.25) is 9.69 Å². The first-order valence-electron chi connectivity index (χ1n) is 7.38. The van der Waals surface area contributed by atoms with Crippen LogP contribution in [-0.4, -0.2) is 18.1 Å². The van der Waals surface area contributed by atoms with Gasteiger partial charge >= 0.3 is 0 Å². The summed E-state index contributed by atoms with van der Waals surface area (Å²) >= 11 is 0. The van der Waals surface area contributed by atoms with Crippen LogP contribution in [0, 0.1) is 6.92 Å². The minimum Gasteiger partial charge on any atom is -0.501 e. The van der Waals surface area contributed by atoms with E-state index in [9.17, 15) is 4.79 Å². The Morgan fingerprint density at radius 3 is 2.57 bits per heavy atom. The number of amides is 1. The molecule has 0 radical (unpaired) electrons. The number of aryl methyl sites for hydroxylation is 1. The van der Waals surface area contributed by atoms with Crippen LogP contribution in [0.4, 0.5) is 5.69 Å². The van der Waals surface area contributed by atoms with Gasteiger partial charge < -0.3 is 4.74 Å². The van der Waals surface area contributed by atoms with Crippen molar-refractivity contribution in [2.75, 3.05) is 11.5 Å². The summed E-state index contributed by atoms with van der Waals surface area (Å²) in [6.07, 6.45) is 3.78. The first-order chi connectivity index (χ1) is 9.86. The summed E-state index contributed by atoms with van der Waals surface area (Å²) in [4.78, 5) is 14.8. The van der Waals surface area contributed by atoms with E-state index < -0.39 is 0 Å². The van der Waals surface area contributed by atoms with E-state index in [1.54, 1.807) is 6.26 Å². The quantitative estimate of drug-likeness (QED) is 0.608. The lowest BCUT2D eigenvalue weighted by Crippen LogP contribution is -2.46. The molecular weight excluding hydrogens is 262 g/mol. The summed E-state index contributed by atoms with van der Waals surface area (Å²) in [5, 5.41) is 0. The monoisotopic (exact) mass is 283 g/mol. The minimum absolute atomic E-state index is 0.0269.